The average Bonchev–Trinajstić information content (AvgIpc) is 2.34. The molecule has 0 unspecified atom stereocenters. The molecule has 0 saturated heterocycles. The number of nitrogens with zero attached hydrogens (tertiary/aromatic N) is 2. The van der Waals surface area contributed by atoms with Gasteiger partial charge in [0.2, 0.25) is 10.0 Å². The summed E-state index contributed by atoms with van der Waals surface area (Å²) >= 11 is 1.29. The van der Waals surface area contributed by atoms with Crippen molar-refractivity contribution in [1.29, 1.82) is 0 Å². The van der Waals surface area contributed by atoms with E-state index in [1.807, 2.05) is 0 Å². The third-order valence-corrected chi connectivity index (χ3v) is 3.38. The quantitative estimate of drug-likeness (QED) is 0.687. The lowest BCUT2D eigenvalue weighted by atomic mass is 10.8. The van der Waals surface area contributed by atoms with Gasteiger partial charge in [0.15, 0.2) is 0 Å². The number of thiazole rings is 1. The van der Waals surface area contributed by atoms with Gasteiger partial charge in [-0.05, 0) is 0 Å². The molecular formula is C5H8N2O2S2. The van der Waals surface area contributed by atoms with Crippen LogP contribution >= 0.6 is 11.3 Å². The molecule has 0 saturated carbocycles. The molecule has 4 nitrogen and oxygen atoms in total. The summed E-state index contributed by atoms with van der Waals surface area (Å²) in [6, 6.07) is 0. The molecule has 0 spiro atoms. The topological polar surface area (TPSA) is 50.3 Å². The fraction of sp³-hybridized carbons (Fsp3) is 0.400. The number of sulfonamides is 1. The largest absolute Gasteiger partial charge is 0.263 e. The van der Waals surface area contributed by atoms with E-state index < -0.39 is 10.0 Å². The molecule has 1 heterocycles. The maximum Gasteiger partial charge on any atom is 0.232 e. The molecule has 0 fully saturated rings. The van der Waals surface area contributed by atoms with Gasteiger partial charge in [0.05, 0.1) is 18.0 Å². The molecule has 1 rings (SSSR count). The van der Waals surface area contributed by atoms with E-state index in [9.17, 15) is 8.42 Å². The Kier molecular flexibility index (Phi) is 2.15. The van der Waals surface area contributed by atoms with Gasteiger partial charge in [0, 0.05) is 7.05 Å². The Hall–Kier alpha value is -0.620. The molecule has 0 aromatic carbocycles. The fourth-order valence-corrected chi connectivity index (χ4v) is 1.94. The maximum absolute atomic E-state index is 10.9. The SMILES string of the molecule is CN(c1cncs1)S(C)(=O)=O. The van der Waals surface area contributed by atoms with Gasteiger partial charge in [0.25, 0.3) is 0 Å². The van der Waals surface area contributed by atoms with Crippen LogP contribution in [0.2, 0.25) is 0 Å². The zero-order valence-corrected chi connectivity index (χ0v) is 7.82. The molecule has 0 atom stereocenters. The molecule has 11 heavy (non-hydrogen) atoms. The van der Waals surface area contributed by atoms with Gasteiger partial charge in [-0.15, -0.1) is 11.3 Å². The summed E-state index contributed by atoms with van der Waals surface area (Å²) in [5.41, 5.74) is 1.59. The summed E-state index contributed by atoms with van der Waals surface area (Å²) in [6.45, 7) is 0. The second kappa shape index (κ2) is 2.78. The minimum Gasteiger partial charge on any atom is -0.263 e. The molecule has 1 aromatic rings. The van der Waals surface area contributed by atoms with Crippen molar-refractivity contribution in [3.05, 3.63) is 11.7 Å². The minimum atomic E-state index is -3.12. The Labute approximate surface area is 69.5 Å². The van der Waals surface area contributed by atoms with Gasteiger partial charge in [-0.25, -0.2) is 8.42 Å². The minimum absolute atomic E-state index is 0.632. The van der Waals surface area contributed by atoms with E-state index >= 15 is 0 Å². The first kappa shape index (κ1) is 8.48. The molecule has 62 valence electrons. The molecule has 6 heteroatoms. The summed E-state index contributed by atoms with van der Waals surface area (Å²) in [7, 11) is -1.62. The molecule has 0 aliphatic rings. The van der Waals surface area contributed by atoms with Gasteiger partial charge < -0.3 is 0 Å². The Balaban J connectivity index is 2.97. The summed E-state index contributed by atoms with van der Waals surface area (Å²) in [4.78, 5) is 3.77. The van der Waals surface area contributed by atoms with Crippen molar-refractivity contribution < 1.29 is 8.42 Å². The van der Waals surface area contributed by atoms with E-state index in [0.717, 1.165) is 6.26 Å². The zero-order chi connectivity index (χ0) is 8.48. The van der Waals surface area contributed by atoms with Gasteiger partial charge in [0.1, 0.15) is 5.00 Å². The van der Waals surface area contributed by atoms with Crippen LogP contribution in [0.4, 0.5) is 5.00 Å². The molecule has 0 bridgehead atoms. The number of rotatable bonds is 2. The first-order chi connectivity index (χ1) is 5.02. The van der Waals surface area contributed by atoms with E-state index in [-0.39, 0.29) is 0 Å². The average molecular weight is 192 g/mol. The lowest BCUT2D eigenvalue weighted by molar-refractivity contribution is 0.600. The van der Waals surface area contributed by atoms with E-state index in [0.29, 0.717) is 5.00 Å². The Morgan fingerprint density at radius 2 is 2.27 bits per heavy atom. The van der Waals surface area contributed by atoms with Crippen molar-refractivity contribution in [2.45, 2.75) is 0 Å². The van der Waals surface area contributed by atoms with E-state index in [1.165, 1.54) is 28.9 Å². The van der Waals surface area contributed by atoms with E-state index in [2.05, 4.69) is 4.98 Å². The van der Waals surface area contributed by atoms with Gasteiger partial charge in [-0.1, -0.05) is 0 Å². The first-order valence-electron chi connectivity index (χ1n) is 2.84. The number of aromatic nitrogens is 1. The van der Waals surface area contributed by atoms with Gasteiger partial charge >= 0.3 is 0 Å². The highest BCUT2D eigenvalue weighted by molar-refractivity contribution is 7.92. The number of hydrogen-bond donors (Lipinski definition) is 0. The third kappa shape index (κ3) is 1.90. The van der Waals surface area contributed by atoms with Crippen LogP contribution in [0.15, 0.2) is 11.7 Å². The van der Waals surface area contributed by atoms with Gasteiger partial charge in [-0.3, -0.25) is 9.29 Å². The molecule has 0 amide bonds. The number of hydrogen-bond acceptors (Lipinski definition) is 4. The molecule has 0 radical (unpaired) electrons. The molecule has 0 aliphatic heterocycles. The van der Waals surface area contributed by atoms with Crippen LogP contribution < -0.4 is 4.31 Å². The third-order valence-electron chi connectivity index (χ3n) is 1.23. The van der Waals surface area contributed by atoms with Crippen LogP contribution in [0.3, 0.4) is 0 Å². The van der Waals surface area contributed by atoms with Crippen LogP contribution in [0.25, 0.3) is 0 Å². The highest BCUT2D eigenvalue weighted by Crippen LogP contribution is 2.19. The van der Waals surface area contributed by atoms with Crippen LogP contribution in [-0.4, -0.2) is 26.7 Å². The van der Waals surface area contributed by atoms with Crippen molar-refractivity contribution in [3.63, 3.8) is 0 Å². The second-order valence-electron chi connectivity index (χ2n) is 2.07. The Morgan fingerprint density at radius 1 is 1.64 bits per heavy atom. The maximum atomic E-state index is 10.9. The summed E-state index contributed by atoms with van der Waals surface area (Å²) in [5.74, 6) is 0. The Morgan fingerprint density at radius 3 is 2.64 bits per heavy atom. The smallest absolute Gasteiger partial charge is 0.232 e. The predicted octanol–water partition coefficient (Wildman–Crippen LogP) is 0.539. The highest BCUT2D eigenvalue weighted by atomic mass is 32.2. The second-order valence-corrected chi connectivity index (χ2v) is 4.95. The standard InChI is InChI=1S/C5H8N2O2S2/c1-7(11(2,8)9)5-3-6-4-10-5/h3-4H,1-2H3. The molecule has 1 aromatic heterocycles. The van der Waals surface area contributed by atoms with Crippen LogP contribution in [0.1, 0.15) is 0 Å². The predicted molar refractivity (Wildman–Crippen MR) is 45.4 cm³/mol. The highest BCUT2D eigenvalue weighted by Gasteiger charge is 2.12. The van der Waals surface area contributed by atoms with Crippen molar-refractivity contribution in [1.82, 2.24) is 4.98 Å². The number of anilines is 1. The van der Waals surface area contributed by atoms with Crippen molar-refractivity contribution in [3.8, 4) is 0 Å². The van der Waals surface area contributed by atoms with Crippen molar-refractivity contribution >= 4 is 26.4 Å². The Bertz CT molecular complexity index is 316. The van der Waals surface area contributed by atoms with Crippen LogP contribution in [0.5, 0.6) is 0 Å². The summed E-state index contributed by atoms with van der Waals surface area (Å²) < 4.78 is 23.1. The monoisotopic (exact) mass is 192 g/mol. The van der Waals surface area contributed by atoms with Crippen LogP contribution in [-0.2, 0) is 10.0 Å². The van der Waals surface area contributed by atoms with Crippen LogP contribution in [0, 0.1) is 0 Å². The van der Waals surface area contributed by atoms with Crippen molar-refractivity contribution in [2.24, 2.45) is 0 Å². The lowest BCUT2D eigenvalue weighted by Gasteiger charge is -2.12. The summed E-state index contributed by atoms with van der Waals surface area (Å²) in [5, 5.41) is 0.632. The van der Waals surface area contributed by atoms with E-state index in [4.69, 9.17) is 0 Å². The first-order valence-corrected chi connectivity index (χ1v) is 5.57. The van der Waals surface area contributed by atoms with E-state index in [1.54, 1.807) is 5.51 Å². The lowest BCUT2D eigenvalue weighted by Crippen LogP contribution is -2.23. The molecule has 0 N–H and O–H groups in total. The normalized spacial score (nSPS) is 11.5. The molecular weight excluding hydrogens is 184 g/mol. The molecule has 0 aliphatic carbocycles. The van der Waals surface area contributed by atoms with Gasteiger partial charge in [-0.2, -0.15) is 0 Å². The zero-order valence-electron chi connectivity index (χ0n) is 6.18. The van der Waals surface area contributed by atoms with Crippen molar-refractivity contribution in [2.75, 3.05) is 17.6 Å². The summed E-state index contributed by atoms with van der Waals surface area (Å²) in [6.07, 6.45) is 2.68. The fourth-order valence-electron chi connectivity index (χ4n) is 0.528.